The summed E-state index contributed by atoms with van der Waals surface area (Å²) >= 11 is 0. The summed E-state index contributed by atoms with van der Waals surface area (Å²) in [6.45, 7) is 13.0. The van der Waals surface area contributed by atoms with Crippen molar-refractivity contribution in [1.29, 1.82) is 0 Å². The van der Waals surface area contributed by atoms with Gasteiger partial charge in [0.15, 0.2) is 0 Å². The van der Waals surface area contributed by atoms with Crippen LogP contribution in [0.3, 0.4) is 0 Å². The molecule has 0 bridgehead atoms. The first-order valence-corrected chi connectivity index (χ1v) is 8.29. The molecule has 128 valence electrons. The van der Waals surface area contributed by atoms with Gasteiger partial charge in [-0.2, -0.15) is 0 Å². The second-order valence-corrected chi connectivity index (χ2v) is 6.44. The van der Waals surface area contributed by atoms with Crippen LogP contribution >= 0.6 is 0 Å². The third-order valence-electron chi connectivity index (χ3n) is 5.23. The van der Waals surface area contributed by atoms with Crippen molar-refractivity contribution in [2.75, 3.05) is 14.2 Å². The highest BCUT2D eigenvalue weighted by Crippen LogP contribution is 2.31. The quantitative estimate of drug-likeness (QED) is 0.669. The highest BCUT2D eigenvalue weighted by molar-refractivity contribution is 5.77. The largest absolute Gasteiger partial charge is 0.496 e. The van der Waals surface area contributed by atoms with E-state index in [4.69, 9.17) is 9.47 Å². The molecular weight excluding hydrogens is 296 g/mol. The number of hydrogen-bond acceptors (Lipinski definition) is 2. The standard InChI is InChI=1S/C22H28O2/c1-13-11-22(24-8)19(12-21(13)23-7)9-10-20-17(5)15(3)14(2)16(4)18(20)6/h9-12H,1-8H3/b10-9+. The lowest BCUT2D eigenvalue weighted by Crippen LogP contribution is -1.99. The van der Waals surface area contributed by atoms with E-state index in [-0.39, 0.29) is 0 Å². The van der Waals surface area contributed by atoms with E-state index in [1.165, 1.54) is 33.4 Å². The van der Waals surface area contributed by atoms with Crippen LogP contribution in [0, 0.1) is 41.5 Å². The Hall–Kier alpha value is -2.22. The Bertz CT molecular complexity index is 769. The average Bonchev–Trinajstić information content (AvgIpc) is 2.58. The SMILES string of the molecule is COc1cc(/C=C/c2c(C)c(C)c(C)c(C)c2C)c(OC)cc1C. The first kappa shape index (κ1) is 18.1. The Kier molecular flexibility index (Phi) is 5.38. The smallest absolute Gasteiger partial charge is 0.126 e. The average molecular weight is 324 g/mol. The van der Waals surface area contributed by atoms with E-state index >= 15 is 0 Å². The summed E-state index contributed by atoms with van der Waals surface area (Å²) in [7, 11) is 3.40. The molecule has 2 nitrogen and oxygen atoms in total. The van der Waals surface area contributed by atoms with Crippen molar-refractivity contribution in [3.63, 3.8) is 0 Å². The van der Waals surface area contributed by atoms with Gasteiger partial charge in [0.25, 0.3) is 0 Å². The van der Waals surface area contributed by atoms with Gasteiger partial charge in [0.05, 0.1) is 14.2 Å². The van der Waals surface area contributed by atoms with E-state index in [2.05, 4.69) is 46.8 Å². The van der Waals surface area contributed by atoms with Crippen LogP contribution in [0.15, 0.2) is 12.1 Å². The number of ether oxygens (including phenoxy) is 2. The molecule has 24 heavy (non-hydrogen) atoms. The van der Waals surface area contributed by atoms with E-state index in [0.717, 1.165) is 22.6 Å². The molecule has 0 heterocycles. The zero-order valence-corrected chi connectivity index (χ0v) is 16.1. The van der Waals surface area contributed by atoms with Gasteiger partial charge in [-0.15, -0.1) is 0 Å². The maximum absolute atomic E-state index is 5.53. The molecule has 0 N–H and O–H groups in total. The monoisotopic (exact) mass is 324 g/mol. The van der Waals surface area contributed by atoms with Crippen LogP contribution in [0.1, 0.15) is 44.5 Å². The van der Waals surface area contributed by atoms with Crippen molar-refractivity contribution in [2.24, 2.45) is 0 Å². The number of aryl methyl sites for hydroxylation is 1. The molecule has 0 amide bonds. The van der Waals surface area contributed by atoms with Gasteiger partial charge < -0.3 is 9.47 Å². The van der Waals surface area contributed by atoms with E-state index in [1.807, 2.05) is 19.1 Å². The molecule has 2 rings (SSSR count). The van der Waals surface area contributed by atoms with Gasteiger partial charge in [0.1, 0.15) is 11.5 Å². The van der Waals surface area contributed by atoms with Gasteiger partial charge in [-0.05, 0) is 92.6 Å². The molecule has 0 aliphatic heterocycles. The topological polar surface area (TPSA) is 18.5 Å². The Morgan fingerprint density at radius 3 is 1.62 bits per heavy atom. The lowest BCUT2D eigenvalue weighted by molar-refractivity contribution is 0.400. The van der Waals surface area contributed by atoms with Gasteiger partial charge in [-0.3, -0.25) is 0 Å². The molecule has 0 radical (unpaired) electrons. The maximum Gasteiger partial charge on any atom is 0.126 e. The van der Waals surface area contributed by atoms with Crippen LogP contribution < -0.4 is 9.47 Å². The molecule has 0 unspecified atom stereocenters. The Morgan fingerprint density at radius 1 is 0.625 bits per heavy atom. The van der Waals surface area contributed by atoms with Crippen LogP contribution in [-0.4, -0.2) is 14.2 Å². The first-order valence-electron chi connectivity index (χ1n) is 8.29. The van der Waals surface area contributed by atoms with Crippen molar-refractivity contribution < 1.29 is 9.47 Å². The number of hydrogen-bond donors (Lipinski definition) is 0. The van der Waals surface area contributed by atoms with Crippen LogP contribution in [0.25, 0.3) is 12.2 Å². The Morgan fingerprint density at radius 2 is 1.12 bits per heavy atom. The van der Waals surface area contributed by atoms with E-state index in [0.29, 0.717) is 0 Å². The molecule has 0 aliphatic carbocycles. The molecule has 0 atom stereocenters. The summed E-state index contributed by atoms with van der Waals surface area (Å²) in [6, 6.07) is 4.05. The second-order valence-electron chi connectivity index (χ2n) is 6.44. The first-order chi connectivity index (χ1) is 11.3. The third-order valence-corrected chi connectivity index (χ3v) is 5.23. The fraction of sp³-hybridized carbons (Fsp3) is 0.364. The highest BCUT2D eigenvalue weighted by Gasteiger charge is 2.11. The molecule has 2 heteroatoms. The Balaban J connectivity index is 2.57. The van der Waals surface area contributed by atoms with Gasteiger partial charge in [0.2, 0.25) is 0 Å². The minimum atomic E-state index is 0.861. The van der Waals surface area contributed by atoms with E-state index in [9.17, 15) is 0 Å². The zero-order chi connectivity index (χ0) is 18.0. The van der Waals surface area contributed by atoms with Crippen molar-refractivity contribution >= 4 is 12.2 Å². The van der Waals surface area contributed by atoms with Crippen LogP contribution in [0.5, 0.6) is 11.5 Å². The summed E-state index contributed by atoms with van der Waals surface area (Å²) < 4.78 is 11.0. The van der Waals surface area contributed by atoms with Crippen molar-refractivity contribution in [3.8, 4) is 11.5 Å². The zero-order valence-electron chi connectivity index (χ0n) is 16.1. The number of benzene rings is 2. The number of rotatable bonds is 4. The highest BCUT2D eigenvalue weighted by atomic mass is 16.5. The van der Waals surface area contributed by atoms with Gasteiger partial charge in [-0.25, -0.2) is 0 Å². The van der Waals surface area contributed by atoms with E-state index < -0.39 is 0 Å². The van der Waals surface area contributed by atoms with Crippen LogP contribution in [0.2, 0.25) is 0 Å². The molecule has 0 spiro atoms. The third kappa shape index (κ3) is 3.19. The fourth-order valence-corrected chi connectivity index (χ4v) is 3.16. The molecule has 2 aromatic carbocycles. The van der Waals surface area contributed by atoms with E-state index in [1.54, 1.807) is 14.2 Å². The maximum atomic E-state index is 5.53. The predicted molar refractivity (Wildman–Crippen MR) is 103 cm³/mol. The van der Waals surface area contributed by atoms with Crippen LogP contribution in [0.4, 0.5) is 0 Å². The minimum absolute atomic E-state index is 0.861. The predicted octanol–water partition coefficient (Wildman–Crippen LogP) is 5.72. The second kappa shape index (κ2) is 7.12. The van der Waals surface area contributed by atoms with Gasteiger partial charge >= 0.3 is 0 Å². The molecule has 2 aromatic rings. The minimum Gasteiger partial charge on any atom is -0.496 e. The molecule has 0 saturated carbocycles. The molecule has 0 aromatic heterocycles. The lowest BCUT2D eigenvalue weighted by atomic mass is 9.89. The van der Waals surface area contributed by atoms with Crippen molar-refractivity contribution in [2.45, 2.75) is 41.5 Å². The summed E-state index contributed by atoms with van der Waals surface area (Å²) in [5, 5.41) is 0. The normalized spacial score (nSPS) is 11.2. The fourth-order valence-electron chi connectivity index (χ4n) is 3.16. The van der Waals surface area contributed by atoms with Gasteiger partial charge in [0, 0.05) is 5.56 Å². The van der Waals surface area contributed by atoms with Gasteiger partial charge in [-0.1, -0.05) is 12.2 Å². The molecular formula is C22H28O2. The molecule has 0 aliphatic rings. The van der Waals surface area contributed by atoms with Crippen molar-refractivity contribution in [1.82, 2.24) is 0 Å². The summed E-state index contributed by atoms with van der Waals surface area (Å²) in [5.41, 5.74) is 10.2. The van der Waals surface area contributed by atoms with Crippen molar-refractivity contribution in [3.05, 3.63) is 56.6 Å². The molecule has 0 saturated heterocycles. The molecule has 0 fully saturated rings. The lowest BCUT2D eigenvalue weighted by Gasteiger charge is -2.16. The summed E-state index contributed by atoms with van der Waals surface area (Å²) in [4.78, 5) is 0. The summed E-state index contributed by atoms with van der Waals surface area (Å²) in [6.07, 6.45) is 4.31. The Labute approximate surface area is 146 Å². The number of methoxy groups -OCH3 is 2. The van der Waals surface area contributed by atoms with Crippen LogP contribution in [-0.2, 0) is 0 Å². The summed E-state index contributed by atoms with van der Waals surface area (Å²) in [5.74, 6) is 1.74.